The zero-order valence-electron chi connectivity index (χ0n) is 9.69. The number of hydrogen-bond donors (Lipinski definition) is 2. The molecule has 0 aliphatic rings. The zero-order chi connectivity index (χ0) is 13.4. The van der Waals surface area contributed by atoms with Crippen molar-refractivity contribution in [3.63, 3.8) is 0 Å². The highest BCUT2D eigenvalue weighted by molar-refractivity contribution is 5.95. The number of imidazole rings is 1. The van der Waals surface area contributed by atoms with Gasteiger partial charge >= 0.3 is 5.97 Å². The smallest absolute Gasteiger partial charge is 0.356 e. The summed E-state index contributed by atoms with van der Waals surface area (Å²) in [7, 11) is 0. The van der Waals surface area contributed by atoms with E-state index in [0.29, 0.717) is 11.3 Å². The molecule has 6 nitrogen and oxygen atoms in total. The monoisotopic (exact) mass is 255 g/mol. The van der Waals surface area contributed by atoms with E-state index in [4.69, 9.17) is 5.11 Å². The normalized spacial score (nSPS) is 10.7. The van der Waals surface area contributed by atoms with Crippen LogP contribution in [-0.2, 0) is 0 Å². The molecular formula is C13H9N3O3. The van der Waals surface area contributed by atoms with E-state index in [0.717, 1.165) is 5.56 Å². The Bertz CT molecular complexity index is 765. The molecule has 0 aliphatic carbocycles. The average Bonchev–Trinajstić information content (AvgIpc) is 2.78. The summed E-state index contributed by atoms with van der Waals surface area (Å²) >= 11 is 0. The van der Waals surface area contributed by atoms with Gasteiger partial charge in [0.2, 0.25) is 0 Å². The molecule has 2 N–H and O–H groups in total. The van der Waals surface area contributed by atoms with Gasteiger partial charge in [0, 0.05) is 30.2 Å². The molecule has 0 radical (unpaired) electrons. The van der Waals surface area contributed by atoms with Gasteiger partial charge in [-0.3, -0.25) is 9.38 Å². The summed E-state index contributed by atoms with van der Waals surface area (Å²) in [5.74, 6) is -0.644. The fourth-order valence-electron chi connectivity index (χ4n) is 1.94. The first-order valence-corrected chi connectivity index (χ1v) is 5.51. The molecule has 0 bridgehead atoms. The molecule has 0 spiro atoms. The lowest BCUT2D eigenvalue weighted by molar-refractivity contribution is 0.0693. The molecule has 0 amide bonds. The summed E-state index contributed by atoms with van der Waals surface area (Å²) in [6.07, 6.45) is 4.80. The van der Waals surface area contributed by atoms with Crippen molar-refractivity contribution < 1.29 is 15.0 Å². The fraction of sp³-hybridized carbons (Fsp3) is 0. The molecule has 0 unspecified atom stereocenters. The number of carboxylic acid groups (broad SMARTS) is 1. The van der Waals surface area contributed by atoms with Crippen molar-refractivity contribution in [1.82, 2.24) is 14.4 Å². The Morgan fingerprint density at radius 1 is 1.21 bits per heavy atom. The highest BCUT2D eigenvalue weighted by atomic mass is 16.4. The van der Waals surface area contributed by atoms with Crippen LogP contribution in [0.2, 0.25) is 0 Å². The molecule has 0 saturated heterocycles. The molecule has 0 saturated carbocycles. The van der Waals surface area contributed by atoms with Crippen molar-refractivity contribution in [2.45, 2.75) is 0 Å². The van der Waals surface area contributed by atoms with Crippen LogP contribution in [0.25, 0.3) is 16.9 Å². The molecule has 94 valence electrons. The maximum Gasteiger partial charge on any atom is 0.356 e. The van der Waals surface area contributed by atoms with E-state index in [1.165, 1.54) is 12.1 Å². The van der Waals surface area contributed by atoms with Crippen LogP contribution >= 0.6 is 0 Å². The van der Waals surface area contributed by atoms with Crippen LogP contribution in [-0.4, -0.2) is 30.6 Å². The van der Waals surface area contributed by atoms with Crippen molar-refractivity contribution in [1.29, 1.82) is 0 Å². The number of rotatable bonds is 2. The minimum Gasteiger partial charge on any atom is -0.508 e. The van der Waals surface area contributed by atoms with Gasteiger partial charge in [0.05, 0.1) is 5.52 Å². The zero-order valence-corrected chi connectivity index (χ0v) is 9.69. The van der Waals surface area contributed by atoms with Crippen LogP contribution in [0.4, 0.5) is 0 Å². The summed E-state index contributed by atoms with van der Waals surface area (Å²) in [5.41, 5.74) is 1.00. The maximum atomic E-state index is 11.2. The average molecular weight is 255 g/mol. The first kappa shape index (κ1) is 11.2. The molecular weight excluding hydrogens is 246 g/mol. The van der Waals surface area contributed by atoms with Crippen LogP contribution in [0, 0.1) is 0 Å². The van der Waals surface area contributed by atoms with Crippen molar-refractivity contribution >= 4 is 11.5 Å². The van der Waals surface area contributed by atoms with E-state index in [1.807, 2.05) is 0 Å². The predicted molar refractivity (Wildman–Crippen MR) is 67.0 cm³/mol. The second kappa shape index (κ2) is 4.09. The van der Waals surface area contributed by atoms with E-state index in [2.05, 4.69) is 9.97 Å². The summed E-state index contributed by atoms with van der Waals surface area (Å²) in [6.45, 7) is 0. The van der Waals surface area contributed by atoms with E-state index in [1.54, 1.807) is 35.1 Å². The van der Waals surface area contributed by atoms with Crippen molar-refractivity contribution in [2.75, 3.05) is 0 Å². The summed E-state index contributed by atoms with van der Waals surface area (Å²) in [6, 6.07) is 6.34. The summed E-state index contributed by atoms with van der Waals surface area (Å²) < 4.78 is 1.62. The van der Waals surface area contributed by atoms with Crippen LogP contribution in [0.5, 0.6) is 5.75 Å². The first-order valence-electron chi connectivity index (χ1n) is 5.51. The molecule has 3 rings (SSSR count). The lowest BCUT2D eigenvalue weighted by Gasteiger charge is -2.00. The molecule has 3 aromatic rings. The predicted octanol–water partition coefficient (Wildman–Crippen LogP) is 1.80. The Labute approximate surface area is 107 Å². The van der Waals surface area contributed by atoms with Crippen molar-refractivity contribution in [2.24, 2.45) is 0 Å². The molecule has 0 atom stereocenters. The Morgan fingerprint density at radius 2 is 1.95 bits per heavy atom. The Morgan fingerprint density at radius 3 is 2.63 bits per heavy atom. The van der Waals surface area contributed by atoms with E-state index < -0.39 is 5.97 Å². The van der Waals surface area contributed by atoms with E-state index in [-0.39, 0.29) is 11.4 Å². The van der Waals surface area contributed by atoms with Crippen LogP contribution in [0.15, 0.2) is 42.9 Å². The lowest BCUT2D eigenvalue weighted by Crippen LogP contribution is -1.97. The van der Waals surface area contributed by atoms with Gasteiger partial charge in [-0.2, -0.15) is 0 Å². The topological polar surface area (TPSA) is 87.7 Å². The number of fused-ring (bicyclic) bond motifs is 1. The largest absolute Gasteiger partial charge is 0.508 e. The molecule has 19 heavy (non-hydrogen) atoms. The Hall–Kier alpha value is -2.89. The van der Waals surface area contributed by atoms with Gasteiger partial charge in [-0.15, -0.1) is 0 Å². The SMILES string of the molecule is O=C(O)c1nc(-c2ccncc2)n2ccc(O)cc12. The number of aromatic nitrogens is 3. The van der Waals surface area contributed by atoms with Gasteiger partial charge < -0.3 is 10.2 Å². The Balaban J connectivity index is 2.35. The second-order valence-corrected chi connectivity index (χ2v) is 3.97. The number of carbonyl (C=O) groups is 1. The van der Waals surface area contributed by atoms with Crippen LogP contribution < -0.4 is 0 Å². The third-order valence-electron chi connectivity index (χ3n) is 2.77. The number of pyridine rings is 2. The summed E-state index contributed by atoms with van der Waals surface area (Å²) in [5, 5.41) is 18.6. The van der Waals surface area contributed by atoms with E-state index >= 15 is 0 Å². The molecule has 3 heterocycles. The third-order valence-corrected chi connectivity index (χ3v) is 2.77. The van der Waals surface area contributed by atoms with Gasteiger partial charge in [-0.1, -0.05) is 0 Å². The Kier molecular flexibility index (Phi) is 2.42. The van der Waals surface area contributed by atoms with Gasteiger partial charge in [-0.05, 0) is 18.2 Å². The number of carboxylic acids is 1. The van der Waals surface area contributed by atoms with E-state index in [9.17, 15) is 9.90 Å². The standard InChI is InChI=1S/C13H9N3O3/c17-9-3-6-16-10(7-9)11(13(18)19)15-12(16)8-1-4-14-5-2-8/h1-7,17H,(H,18,19). The first-order chi connectivity index (χ1) is 9.16. The van der Waals surface area contributed by atoms with Gasteiger partial charge in [-0.25, -0.2) is 9.78 Å². The third kappa shape index (κ3) is 1.79. The van der Waals surface area contributed by atoms with Gasteiger partial charge in [0.25, 0.3) is 0 Å². The maximum absolute atomic E-state index is 11.2. The fourth-order valence-corrected chi connectivity index (χ4v) is 1.94. The van der Waals surface area contributed by atoms with Crippen molar-refractivity contribution in [3.05, 3.63) is 48.5 Å². The molecule has 3 aromatic heterocycles. The quantitative estimate of drug-likeness (QED) is 0.729. The number of aromatic hydroxyl groups is 1. The number of hydrogen-bond acceptors (Lipinski definition) is 4. The van der Waals surface area contributed by atoms with Crippen molar-refractivity contribution in [3.8, 4) is 17.1 Å². The molecule has 0 aromatic carbocycles. The van der Waals surface area contributed by atoms with Gasteiger partial charge in [0.1, 0.15) is 11.6 Å². The minimum atomic E-state index is -1.14. The molecule has 6 heteroatoms. The highest BCUT2D eigenvalue weighted by Gasteiger charge is 2.17. The molecule has 0 fully saturated rings. The van der Waals surface area contributed by atoms with Crippen LogP contribution in [0.3, 0.4) is 0 Å². The number of nitrogens with zero attached hydrogens (tertiary/aromatic N) is 3. The lowest BCUT2D eigenvalue weighted by atomic mass is 10.2. The van der Waals surface area contributed by atoms with Crippen LogP contribution in [0.1, 0.15) is 10.5 Å². The highest BCUT2D eigenvalue weighted by Crippen LogP contribution is 2.24. The molecule has 0 aliphatic heterocycles. The minimum absolute atomic E-state index is 0.00354. The summed E-state index contributed by atoms with van der Waals surface area (Å²) in [4.78, 5) is 19.2. The van der Waals surface area contributed by atoms with Gasteiger partial charge in [0.15, 0.2) is 5.69 Å². The number of aromatic carboxylic acids is 1. The second-order valence-electron chi connectivity index (χ2n) is 3.97.